The van der Waals surface area contributed by atoms with Crippen molar-refractivity contribution in [2.75, 3.05) is 0 Å². The summed E-state index contributed by atoms with van der Waals surface area (Å²) >= 11 is 1.53. The molecule has 1 N–H and O–H groups in total. The van der Waals surface area contributed by atoms with E-state index in [1.165, 1.54) is 11.4 Å². The first-order valence-corrected chi connectivity index (χ1v) is 4.93. The summed E-state index contributed by atoms with van der Waals surface area (Å²) in [6.07, 6.45) is 3.39. The van der Waals surface area contributed by atoms with E-state index in [4.69, 9.17) is 5.11 Å². The molecule has 2 nitrogen and oxygen atoms in total. The van der Waals surface area contributed by atoms with Crippen molar-refractivity contribution in [1.82, 2.24) is 0 Å². The van der Waals surface area contributed by atoms with Gasteiger partial charge in [0, 0.05) is 0 Å². The zero-order valence-electron chi connectivity index (χ0n) is 4.50. The second-order valence-corrected chi connectivity index (χ2v) is 4.00. The second-order valence-electron chi connectivity index (χ2n) is 1.43. The standard InChI is InChI=1S/C5H5O2PS/c6-5(7)4-2-1-3-9-8-4/h1-3,8H,(H,6,7). The number of carboxylic acids is 1. The van der Waals surface area contributed by atoms with Crippen LogP contribution in [0.25, 0.3) is 0 Å². The first-order valence-electron chi connectivity index (χ1n) is 2.32. The third-order valence-electron chi connectivity index (χ3n) is 0.809. The van der Waals surface area contributed by atoms with Gasteiger partial charge in [0.05, 0.1) is 5.31 Å². The maximum atomic E-state index is 10.2. The summed E-state index contributed by atoms with van der Waals surface area (Å²) in [5, 5.41) is 10.8. The molecule has 0 saturated heterocycles. The van der Waals surface area contributed by atoms with Crippen molar-refractivity contribution in [3.8, 4) is 0 Å². The van der Waals surface area contributed by atoms with Crippen LogP contribution in [0.5, 0.6) is 0 Å². The summed E-state index contributed by atoms with van der Waals surface area (Å²) in [5.74, 6) is -0.801. The minimum absolute atomic E-state index is 0.365. The summed E-state index contributed by atoms with van der Waals surface area (Å²) in [4.78, 5) is 10.2. The van der Waals surface area contributed by atoms with Crippen LogP contribution in [0.4, 0.5) is 0 Å². The number of aliphatic carboxylic acids is 1. The van der Waals surface area contributed by atoms with Gasteiger partial charge in [-0.1, -0.05) is 6.08 Å². The molecule has 48 valence electrons. The van der Waals surface area contributed by atoms with Crippen LogP contribution in [0.15, 0.2) is 22.9 Å². The van der Waals surface area contributed by atoms with Crippen molar-refractivity contribution < 1.29 is 9.90 Å². The predicted octanol–water partition coefficient (Wildman–Crippen LogP) is 1.81. The average Bonchev–Trinajstić information content (AvgIpc) is 1.90. The molecule has 0 aromatic heterocycles. The minimum Gasteiger partial charge on any atom is -0.478 e. The van der Waals surface area contributed by atoms with Crippen LogP contribution in [0, 0.1) is 0 Å². The van der Waals surface area contributed by atoms with Gasteiger partial charge in [0.1, 0.15) is 0 Å². The quantitative estimate of drug-likeness (QED) is 0.594. The van der Waals surface area contributed by atoms with Gasteiger partial charge in [-0.25, -0.2) is 4.79 Å². The van der Waals surface area contributed by atoms with E-state index in [0.717, 1.165) is 0 Å². The highest BCUT2D eigenvalue weighted by Gasteiger charge is 2.06. The first kappa shape index (κ1) is 6.84. The van der Waals surface area contributed by atoms with Crippen LogP contribution >= 0.6 is 19.2 Å². The molecule has 1 aliphatic heterocycles. The molecule has 9 heavy (non-hydrogen) atoms. The van der Waals surface area contributed by atoms with Crippen molar-refractivity contribution in [2.24, 2.45) is 0 Å². The molecule has 0 amide bonds. The third kappa shape index (κ3) is 1.84. The molecule has 0 aromatic rings. The summed E-state index contributed by atoms with van der Waals surface area (Å²) in [6.45, 7) is 0. The molecule has 0 bridgehead atoms. The fourth-order valence-corrected chi connectivity index (χ4v) is 2.31. The Labute approximate surface area is 58.6 Å². The van der Waals surface area contributed by atoms with E-state index in [1.54, 1.807) is 12.2 Å². The smallest absolute Gasteiger partial charge is 0.336 e. The fraction of sp³-hybridized carbons (Fsp3) is 0. The highest BCUT2D eigenvalue weighted by molar-refractivity contribution is 8.52. The van der Waals surface area contributed by atoms with E-state index in [2.05, 4.69) is 0 Å². The van der Waals surface area contributed by atoms with E-state index in [-0.39, 0.29) is 0 Å². The van der Waals surface area contributed by atoms with Gasteiger partial charge in [0.25, 0.3) is 0 Å². The Hall–Kier alpha value is -0.270. The Kier molecular flexibility index (Phi) is 2.31. The molecule has 1 heterocycles. The molecule has 0 saturated carbocycles. The number of carboxylic acid groups (broad SMARTS) is 1. The number of carbonyl (C=O) groups is 1. The number of hydrogen-bond donors (Lipinski definition) is 1. The van der Waals surface area contributed by atoms with Crippen LogP contribution in [0.2, 0.25) is 0 Å². The fourth-order valence-electron chi connectivity index (χ4n) is 0.421. The summed E-state index contributed by atoms with van der Waals surface area (Å²) in [6, 6.07) is 0. The molecule has 0 spiro atoms. The van der Waals surface area contributed by atoms with Crippen LogP contribution in [0.1, 0.15) is 0 Å². The highest BCUT2D eigenvalue weighted by atomic mass is 32.7. The van der Waals surface area contributed by atoms with Crippen LogP contribution in [0.3, 0.4) is 0 Å². The van der Waals surface area contributed by atoms with Gasteiger partial charge in [-0.05, 0) is 19.3 Å². The molecular weight excluding hydrogens is 155 g/mol. The lowest BCUT2D eigenvalue weighted by molar-refractivity contribution is -0.131. The number of hydrogen-bond acceptors (Lipinski definition) is 2. The van der Waals surface area contributed by atoms with Gasteiger partial charge >= 0.3 is 5.97 Å². The van der Waals surface area contributed by atoms with Crippen molar-refractivity contribution in [1.29, 1.82) is 0 Å². The van der Waals surface area contributed by atoms with Crippen molar-refractivity contribution in [3.63, 3.8) is 0 Å². The molecule has 0 fully saturated rings. The second kappa shape index (κ2) is 3.04. The van der Waals surface area contributed by atoms with Gasteiger partial charge in [0.2, 0.25) is 0 Å². The molecule has 0 radical (unpaired) electrons. The normalized spacial score (nSPS) is 19.8. The van der Waals surface area contributed by atoms with Gasteiger partial charge in [0.15, 0.2) is 0 Å². The zero-order chi connectivity index (χ0) is 6.69. The molecule has 1 rings (SSSR count). The van der Waals surface area contributed by atoms with Gasteiger partial charge in [-0.15, -0.1) is 11.4 Å². The lowest BCUT2D eigenvalue weighted by Crippen LogP contribution is -1.94. The van der Waals surface area contributed by atoms with Crippen LogP contribution < -0.4 is 0 Å². The summed E-state index contributed by atoms with van der Waals surface area (Å²) in [5.41, 5.74) is 0. The summed E-state index contributed by atoms with van der Waals surface area (Å²) < 4.78 is 0. The molecule has 1 atom stereocenters. The monoisotopic (exact) mass is 160 g/mol. The molecule has 0 aromatic carbocycles. The Morgan fingerprint density at radius 1 is 1.78 bits per heavy atom. The highest BCUT2D eigenvalue weighted by Crippen LogP contribution is 2.41. The van der Waals surface area contributed by atoms with Gasteiger partial charge in [-0.3, -0.25) is 0 Å². The lowest BCUT2D eigenvalue weighted by atomic mass is 10.5. The molecule has 4 heteroatoms. The van der Waals surface area contributed by atoms with Crippen molar-refractivity contribution >= 4 is 25.1 Å². The third-order valence-corrected chi connectivity index (χ3v) is 3.24. The lowest BCUT2D eigenvalue weighted by Gasteiger charge is -2.00. The number of allylic oxidation sites excluding steroid dienone is 2. The predicted molar refractivity (Wildman–Crippen MR) is 40.8 cm³/mol. The maximum Gasteiger partial charge on any atom is 0.336 e. The van der Waals surface area contributed by atoms with Crippen LogP contribution in [-0.4, -0.2) is 11.1 Å². The molecular formula is C5H5O2PS. The Bertz CT molecular complexity index is 185. The maximum absolute atomic E-state index is 10.2. The largest absolute Gasteiger partial charge is 0.478 e. The van der Waals surface area contributed by atoms with Crippen molar-refractivity contribution in [3.05, 3.63) is 22.9 Å². The SMILES string of the molecule is O=C(O)C1=CC=CSP1. The topological polar surface area (TPSA) is 37.3 Å². The van der Waals surface area contributed by atoms with Gasteiger partial charge < -0.3 is 5.11 Å². The minimum atomic E-state index is -0.801. The van der Waals surface area contributed by atoms with Crippen LogP contribution in [-0.2, 0) is 4.79 Å². The van der Waals surface area contributed by atoms with Gasteiger partial charge in [-0.2, -0.15) is 0 Å². The van der Waals surface area contributed by atoms with Crippen molar-refractivity contribution in [2.45, 2.75) is 0 Å². The molecule has 1 unspecified atom stereocenters. The molecule has 1 aliphatic rings. The van der Waals surface area contributed by atoms with E-state index >= 15 is 0 Å². The number of rotatable bonds is 1. The van der Waals surface area contributed by atoms with E-state index < -0.39 is 5.97 Å². The first-order chi connectivity index (χ1) is 4.30. The van der Waals surface area contributed by atoms with E-state index in [1.807, 2.05) is 5.41 Å². The Morgan fingerprint density at radius 3 is 2.89 bits per heavy atom. The van der Waals surface area contributed by atoms with E-state index in [9.17, 15) is 4.79 Å². The zero-order valence-corrected chi connectivity index (χ0v) is 6.31. The Balaban J connectivity index is 2.68. The Morgan fingerprint density at radius 2 is 2.56 bits per heavy atom. The summed E-state index contributed by atoms with van der Waals surface area (Å²) in [7, 11) is 0.365. The average molecular weight is 160 g/mol. The molecule has 0 aliphatic carbocycles. The van der Waals surface area contributed by atoms with E-state index in [0.29, 0.717) is 13.1 Å².